The van der Waals surface area contributed by atoms with Crippen LogP contribution in [0.1, 0.15) is 10.4 Å². The molecule has 0 bridgehead atoms. The summed E-state index contributed by atoms with van der Waals surface area (Å²) in [6.07, 6.45) is 3.31. The van der Waals surface area contributed by atoms with Crippen LogP contribution in [0.4, 0.5) is 0 Å². The molecule has 0 amide bonds. The average molecular weight is 284 g/mol. The lowest BCUT2D eigenvalue weighted by molar-refractivity contribution is 0.611. The third kappa shape index (κ3) is 3.11. The number of rotatable bonds is 6. The summed E-state index contributed by atoms with van der Waals surface area (Å²) in [5, 5.41) is 7.00. The lowest BCUT2D eigenvalue weighted by atomic mass is 10.2. The van der Waals surface area contributed by atoms with Crippen LogP contribution in [0, 0.1) is 6.92 Å². The van der Waals surface area contributed by atoms with Crippen LogP contribution >= 0.6 is 11.3 Å². The van der Waals surface area contributed by atoms with Gasteiger partial charge in [-0.2, -0.15) is 0 Å². The van der Waals surface area contributed by atoms with Crippen LogP contribution in [0.2, 0.25) is 0 Å². The Bertz CT molecular complexity index is 667. The molecule has 0 saturated heterocycles. The highest BCUT2D eigenvalue weighted by Crippen LogP contribution is 2.17. The van der Waals surface area contributed by atoms with Gasteiger partial charge in [-0.1, -0.05) is 17.7 Å². The maximum Gasteiger partial charge on any atom is 0.0480 e. The van der Waals surface area contributed by atoms with E-state index in [1.165, 1.54) is 21.3 Å². The molecule has 0 aliphatic carbocycles. The molecule has 2 heterocycles. The van der Waals surface area contributed by atoms with Crippen LogP contribution in [0.15, 0.2) is 48.0 Å². The predicted octanol–water partition coefficient (Wildman–Crippen LogP) is 3.84. The van der Waals surface area contributed by atoms with Crippen molar-refractivity contribution in [3.05, 3.63) is 58.4 Å². The van der Waals surface area contributed by atoms with Crippen molar-refractivity contribution in [1.82, 2.24) is 9.88 Å². The largest absolute Gasteiger partial charge is 0.346 e. The number of hydrogen-bond acceptors (Lipinski definition) is 2. The van der Waals surface area contributed by atoms with Crippen LogP contribution in [-0.4, -0.2) is 17.7 Å². The molecule has 1 N–H and O–H groups in total. The van der Waals surface area contributed by atoms with Crippen molar-refractivity contribution < 1.29 is 0 Å². The van der Waals surface area contributed by atoms with E-state index in [0.29, 0.717) is 0 Å². The molecular formula is C17H20N2S. The lowest BCUT2D eigenvalue weighted by Gasteiger charge is -2.07. The Kier molecular flexibility index (Phi) is 4.19. The zero-order chi connectivity index (χ0) is 13.8. The molecule has 0 fully saturated rings. The Morgan fingerprint density at radius 3 is 2.95 bits per heavy atom. The summed E-state index contributed by atoms with van der Waals surface area (Å²) >= 11 is 1.84. The van der Waals surface area contributed by atoms with Gasteiger partial charge in [0.05, 0.1) is 0 Å². The summed E-state index contributed by atoms with van der Waals surface area (Å²) < 4.78 is 2.33. The molecule has 0 radical (unpaired) electrons. The number of benzene rings is 1. The van der Waals surface area contributed by atoms with Gasteiger partial charge >= 0.3 is 0 Å². The van der Waals surface area contributed by atoms with Crippen LogP contribution in [0.25, 0.3) is 10.9 Å². The predicted molar refractivity (Wildman–Crippen MR) is 87.6 cm³/mol. The van der Waals surface area contributed by atoms with Crippen LogP contribution in [-0.2, 0) is 13.0 Å². The van der Waals surface area contributed by atoms with E-state index in [0.717, 1.165) is 26.1 Å². The fourth-order valence-electron chi connectivity index (χ4n) is 2.51. The Morgan fingerprint density at radius 2 is 2.10 bits per heavy atom. The van der Waals surface area contributed by atoms with Gasteiger partial charge in [-0.05, 0) is 48.4 Å². The molecule has 3 aromatic rings. The number of thiophene rings is 1. The van der Waals surface area contributed by atoms with Crippen molar-refractivity contribution in [2.45, 2.75) is 19.9 Å². The minimum atomic E-state index is 1.02. The van der Waals surface area contributed by atoms with Gasteiger partial charge in [0.15, 0.2) is 0 Å². The zero-order valence-corrected chi connectivity index (χ0v) is 12.6. The van der Waals surface area contributed by atoms with Crippen LogP contribution in [0.5, 0.6) is 0 Å². The normalized spacial score (nSPS) is 11.2. The van der Waals surface area contributed by atoms with Crippen molar-refractivity contribution >= 4 is 22.2 Å². The van der Waals surface area contributed by atoms with E-state index in [-0.39, 0.29) is 0 Å². The minimum Gasteiger partial charge on any atom is -0.346 e. The molecule has 0 spiro atoms. The van der Waals surface area contributed by atoms with Gasteiger partial charge < -0.3 is 9.88 Å². The Labute approximate surface area is 124 Å². The van der Waals surface area contributed by atoms with Crippen molar-refractivity contribution in [3.8, 4) is 0 Å². The minimum absolute atomic E-state index is 1.02. The summed E-state index contributed by atoms with van der Waals surface area (Å²) in [7, 11) is 0. The second-order valence-electron chi connectivity index (χ2n) is 5.15. The number of aromatic nitrogens is 1. The summed E-state index contributed by atoms with van der Waals surface area (Å²) in [5.74, 6) is 0. The number of nitrogens with zero attached hydrogens (tertiary/aromatic N) is 1. The third-order valence-electron chi connectivity index (χ3n) is 3.58. The first-order valence-corrected chi connectivity index (χ1v) is 7.99. The molecule has 104 valence electrons. The Hall–Kier alpha value is -1.58. The van der Waals surface area contributed by atoms with Gasteiger partial charge in [-0.15, -0.1) is 11.3 Å². The summed E-state index contributed by atoms with van der Waals surface area (Å²) in [4.78, 5) is 1.46. The van der Waals surface area contributed by atoms with E-state index < -0.39 is 0 Å². The average Bonchev–Trinajstić information content (AvgIpc) is 3.08. The van der Waals surface area contributed by atoms with Gasteiger partial charge in [0.2, 0.25) is 0 Å². The Morgan fingerprint density at radius 1 is 1.15 bits per heavy atom. The number of aryl methyl sites for hydroxylation is 1. The smallest absolute Gasteiger partial charge is 0.0480 e. The van der Waals surface area contributed by atoms with Gasteiger partial charge in [0.1, 0.15) is 0 Å². The fourth-order valence-corrected chi connectivity index (χ4v) is 3.21. The van der Waals surface area contributed by atoms with E-state index in [4.69, 9.17) is 0 Å². The molecule has 0 saturated carbocycles. The molecule has 3 heteroatoms. The maximum absolute atomic E-state index is 3.52. The highest BCUT2D eigenvalue weighted by Gasteiger charge is 2.00. The topological polar surface area (TPSA) is 17.0 Å². The van der Waals surface area contributed by atoms with Gasteiger partial charge in [0.25, 0.3) is 0 Å². The van der Waals surface area contributed by atoms with Gasteiger partial charge in [0, 0.05) is 36.2 Å². The van der Waals surface area contributed by atoms with Crippen molar-refractivity contribution in [3.63, 3.8) is 0 Å². The van der Waals surface area contributed by atoms with Crippen molar-refractivity contribution in [2.75, 3.05) is 13.1 Å². The van der Waals surface area contributed by atoms with Crippen molar-refractivity contribution in [2.24, 2.45) is 0 Å². The zero-order valence-electron chi connectivity index (χ0n) is 11.8. The molecular weight excluding hydrogens is 264 g/mol. The standard InChI is InChI=1S/C17H20N2S/c1-14-4-5-17-15(13-14)7-10-19(17)11-9-18-8-6-16-3-2-12-20-16/h2-5,7,10,12-13,18H,6,8-9,11H2,1H3. The van der Waals surface area contributed by atoms with E-state index in [1.807, 2.05) is 11.3 Å². The van der Waals surface area contributed by atoms with E-state index >= 15 is 0 Å². The highest BCUT2D eigenvalue weighted by molar-refractivity contribution is 7.09. The molecule has 20 heavy (non-hydrogen) atoms. The third-order valence-corrected chi connectivity index (χ3v) is 4.52. The lowest BCUT2D eigenvalue weighted by Crippen LogP contribution is -2.21. The van der Waals surface area contributed by atoms with E-state index in [1.54, 1.807) is 0 Å². The van der Waals surface area contributed by atoms with Crippen LogP contribution < -0.4 is 5.32 Å². The summed E-state index contributed by atoms with van der Waals surface area (Å²) in [6.45, 7) is 5.24. The van der Waals surface area contributed by atoms with Gasteiger partial charge in [-0.25, -0.2) is 0 Å². The fraction of sp³-hybridized carbons (Fsp3) is 0.294. The second-order valence-corrected chi connectivity index (χ2v) is 6.18. The number of fused-ring (bicyclic) bond motifs is 1. The van der Waals surface area contributed by atoms with Gasteiger partial charge in [-0.3, -0.25) is 0 Å². The monoisotopic (exact) mass is 284 g/mol. The Balaban J connectivity index is 1.50. The molecule has 0 aliphatic rings. The number of hydrogen-bond donors (Lipinski definition) is 1. The molecule has 2 nitrogen and oxygen atoms in total. The molecule has 1 aromatic carbocycles. The first-order valence-electron chi connectivity index (χ1n) is 7.11. The van der Waals surface area contributed by atoms with Crippen LogP contribution in [0.3, 0.4) is 0 Å². The number of nitrogens with one attached hydrogen (secondary N) is 1. The maximum atomic E-state index is 3.52. The SMILES string of the molecule is Cc1ccc2c(ccn2CCNCCc2cccs2)c1. The molecule has 2 aromatic heterocycles. The van der Waals surface area contributed by atoms with E-state index in [9.17, 15) is 0 Å². The molecule has 0 unspecified atom stereocenters. The first kappa shape index (κ1) is 13.4. The summed E-state index contributed by atoms with van der Waals surface area (Å²) in [5.41, 5.74) is 2.65. The summed E-state index contributed by atoms with van der Waals surface area (Å²) in [6, 6.07) is 13.2. The highest BCUT2D eigenvalue weighted by atomic mass is 32.1. The molecule has 3 rings (SSSR count). The van der Waals surface area contributed by atoms with E-state index in [2.05, 4.69) is 64.8 Å². The second kappa shape index (κ2) is 6.25. The quantitative estimate of drug-likeness (QED) is 0.680. The first-order chi connectivity index (χ1) is 9.83. The molecule has 0 aliphatic heterocycles. The van der Waals surface area contributed by atoms with Crippen molar-refractivity contribution in [1.29, 1.82) is 0 Å². The molecule has 0 atom stereocenters.